The number of hydrogen-bond donors (Lipinski definition) is 0. The lowest BCUT2D eigenvalue weighted by Gasteiger charge is -2.10. The van der Waals surface area contributed by atoms with Crippen molar-refractivity contribution < 1.29 is 9.53 Å². The molecule has 0 aliphatic heterocycles. The molecule has 0 unspecified atom stereocenters. The zero-order valence-electron chi connectivity index (χ0n) is 7.78. The third kappa shape index (κ3) is 2.56. The van der Waals surface area contributed by atoms with Crippen molar-refractivity contribution in [3.63, 3.8) is 0 Å². The Bertz CT molecular complexity index is 279. The van der Waals surface area contributed by atoms with Crippen molar-refractivity contribution in [2.75, 3.05) is 14.2 Å². The predicted molar refractivity (Wildman–Crippen MR) is 50.8 cm³/mol. The molecule has 0 saturated carbocycles. The molecule has 0 saturated heterocycles. The van der Waals surface area contributed by atoms with Crippen LogP contribution in [0.3, 0.4) is 0 Å². The standard InChI is InChI=1S/C10H12NO2/c1-11-7-8-3-5-9(6-4-8)10(12)13-2/h3-6H,7H2,1-2H3/q-1. The lowest BCUT2D eigenvalue weighted by Crippen LogP contribution is -2.00. The van der Waals surface area contributed by atoms with Gasteiger partial charge in [0.1, 0.15) is 0 Å². The van der Waals surface area contributed by atoms with Crippen LogP contribution in [0.4, 0.5) is 0 Å². The maximum Gasteiger partial charge on any atom is 0.337 e. The van der Waals surface area contributed by atoms with Crippen LogP contribution >= 0.6 is 0 Å². The predicted octanol–water partition coefficient (Wildman–Crippen LogP) is 1.98. The highest BCUT2D eigenvalue weighted by molar-refractivity contribution is 5.89. The number of methoxy groups -OCH3 is 1. The SMILES string of the molecule is C[N-]Cc1ccc(C(=O)OC)cc1. The van der Waals surface area contributed by atoms with Gasteiger partial charge in [-0.1, -0.05) is 17.7 Å². The third-order valence-corrected chi connectivity index (χ3v) is 1.72. The van der Waals surface area contributed by atoms with Crippen LogP contribution < -0.4 is 0 Å². The van der Waals surface area contributed by atoms with E-state index < -0.39 is 0 Å². The first kappa shape index (κ1) is 9.74. The van der Waals surface area contributed by atoms with E-state index in [0.717, 1.165) is 5.56 Å². The van der Waals surface area contributed by atoms with Crippen LogP contribution in [0.1, 0.15) is 15.9 Å². The molecule has 1 aromatic rings. The van der Waals surface area contributed by atoms with Gasteiger partial charge in [0.05, 0.1) is 12.7 Å². The van der Waals surface area contributed by atoms with Crippen molar-refractivity contribution in [3.8, 4) is 0 Å². The highest BCUT2D eigenvalue weighted by Crippen LogP contribution is 2.07. The summed E-state index contributed by atoms with van der Waals surface area (Å²) in [5.41, 5.74) is 1.66. The van der Waals surface area contributed by atoms with E-state index in [2.05, 4.69) is 10.1 Å². The molecule has 3 heteroatoms. The normalized spacial score (nSPS) is 9.69. The number of carbonyl (C=O) groups excluding carboxylic acids is 1. The quantitative estimate of drug-likeness (QED) is 0.664. The molecule has 3 nitrogen and oxygen atoms in total. The van der Waals surface area contributed by atoms with E-state index in [1.807, 2.05) is 12.1 Å². The summed E-state index contributed by atoms with van der Waals surface area (Å²) < 4.78 is 4.57. The highest BCUT2D eigenvalue weighted by atomic mass is 16.5. The Kier molecular flexibility index (Phi) is 3.46. The van der Waals surface area contributed by atoms with Gasteiger partial charge in [-0.2, -0.15) is 7.05 Å². The molecule has 13 heavy (non-hydrogen) atoms. The van der Waals surface area contributed by atoms with Crippen LogP contribution in [0.25, 0.3) is 5.32 Å². The van der Waals surface area contributed by atoms with Crippen molar-refractivity contribution in [2.24, 2.45) is 0 Å². The molecule has 0 amide bonds. The Hall–Kier alpha value is -1.35. The molecule has 0 aromatic heterocycles. The minimum absolute atomic E-state index is 0.306. The molecule has 0 radical (unpaired) electrons. The van der Waals surface area contributed by atoms with Gasteiger partial charge < -0.3 is 10.1 Å². The topological polar surface area (TPSA) is 40.4 Å². The number of benzene rings is 1. The summed E-state index contributed by atoms with van der Waals surface area (Å²) in [6.45, 7) is 0.682. The van der Waals surface area contributed by atoms with Crippen molar-refractivity contribution in [1.29, 1.82) is 0 Å². The second-order valence-electron chi connectivity index (χ2n) is 2.66. The Morgan fingerprint density at radius 3 is 2.46 bits per heavy atom. The van der Waals surface area contributed by atoms with Crippen LogP contribution in [0.15, 0.2) is 24.3 Å². The number of hydrogen-bond acceptors (Lipinski definition) is 2. The molecule has 0 bridgehead atoms. The molecule has 0 aliphatic rings. The lowest BCUT2D eigenvalue weighted by atomic mass is 10.1. The number of nitrogens with zero attached hydrogens (tertiary/aromatic N) is 1. The molecule has 1 rings (SSSR count). The fraction of sp³-hybridized carbons (Fsp3) is 0.300. The molecule has 0 spiro atoms. The van der Waals surface area contributed by atoms with Crippen molar-refractivity contribution >= 4 is 5.97 Å². The minimum Gasteiger partial charge on any atom is -0.661 e. The van der Waals surface area contributed by atoms with Crippen LogP contribution in [-0.2, 0) is 11.3 Å². The van der Waals surface area contributed by atoms with Crippen LogP contribution in [0.5, 0.6) is 0 Å². The van der Waals surface area contributed by atoms with E-state index in [1.54, 1.807) is 19.2 Å². The van der Waals surface area contributed by atoms with Crippen LogP contribution in [0, 0.1) is 0 Å². The number of rotatable bonds is 3. The van der Waals surface area contributed by atoms with Gasteiger partial charge in [0.15, 0.2) is 0 Å². The Labute approximate surface area is 77.7 Å². The van der Waals surface area contributed by atoms with Crippen molar-refractivity contribution in [2.45, 2.75) is 6.54 Å². The third-order valence-electron chi connectivity index (χ3n) is 1.72. The summed E-state index contributed by atoms with van der Waals surface area (Å²) in [5, 5.41) is 3.98. The summed E-state index contributed by atoms with van der Waals surface area (Å²) in [4.78, 5) is 11.0. The molecular weight excluding hydrogens is 166 g/mol. The fourth-order valence-electron chi connectivity index (χ4n) is 1.05. The maximum atomic E-state index is 11.0. The first-order chi connectivity index (χ1) is 6.27. The summed E-state index contributed by atoms with van der Waals surface area (Å²) in [5.74, 6) is -0.306. The average Bonchev–Trinajstić information content (AvgIpc) is 2.18. The fourth-order valence-corrected chi connectivity index (χ4v) is 1.05. The summed E-state index contributed by atoms with van der Waals surface area (Å²) in [7, 11) is 3.13. The van der Waals surface area contributed by atoms with E-state index in [9.17, 15) is 4.79 Å². The lowest BCUT2D eigenvalue weighted by molar-refractivity contribution is 0.0601. The largest absolute Gasteiger partial charge is 0.661 e. The van der Waals surface area contributed by atoms with Gasteiger partial charge in [-0.05, 0) is 12.1 Å². The van der Waals surface area contributed by atoms with Gasteiger partial charge in [0.2, 0.25) is 0 Å². The van der Waals surface area contributed by atoms with E-state index in [4.69, 9.17) is 0 Å². The van der Waals surface area contributed by atoms with Gasteiger partial charge in [-0.15, -0.1) is 6.54 Å². The van der Waals surface area contributed by atoms with Crippen LogP contribution in [0.2, 0.25) is 0 Å². The van der Waals surface area contributed by atoms with Gasteiger partial charge in [-0.3, -0.25) is 0 Å². The molecule has 0 N–H and O–H groups in total. The average molecular weight is 178 g/mol. The highest BCUT2D eigenvalue weighted by Gasteiger charge is 2.02. The first-order valence-electron chi connectivity index (χ1n) is 4.00. The van der Waals surface area contributed by atoms with E-state index in [0.29, 0.717) is 12.1 Å². The molecule has 0 atom stereocenters. The first-order valence-corrected chi connectivity index (χ1v) is 4.00. The van der Waals surface area contributed by atoms with Crippen LogP contribution in [-0.4, -0.2) is 20.1 Å². The molecule has 70 valence electrons. The van der Waals surface area contributed by atoms with Gasteiger partial charge in [0.25, 0.3) is 0 Å². The van der Waals surface area contributed by atoms with Crippen molar-refractivity contribution in [1.82, 2.24) is 0 Å². The molecular formula is C10H12NO2-. The van der Waals surface area contributed by atoms with E-state index >= 15 is 0 Å². The maximum absolute atomic E-state index is 11.0. The molecule has 0 heterocycles. The number of carbonyl (C=O) groups is 1. The number of esters is 1. The zero-order chi connectivity index (χ0) is 9.68. The Morgan fingerprint density at radius 2 is 2.00 bits per heavy atom. The smallest absolute Gasteiger partial charge is 0.337 e. The second kappa shape index (κ2) is 4.62. The minimum atomic E-state index is -0.306. The number of ether oxygens (including phenoxy) is 1. The van der Waals surface area contributed by atoms with Gasteiger partial charge in [-0.25, -0.2) is 4.79 Å². The molecule has 0 aliphatic carbocycles. The Balaban J connectivity index is 2.75. The summed E-state index contributed by atoms with van der Waals surface area (Å²) >= 11 is 0. The molecule has 1 aromatic carbocycles. The Morgan fingerprint density at radius 1 is 1.38 bits per heavy atom. The van der Waals surface area contributed by atoms with Crippen molar-refractivity contribution in [3.05, 3.63) is 40.7 Å². The second-order valence-corrected chi connectivity index (χ2v) is 2.66. The van der Waals surface area contributed by atoms with E-state index in [-0.39, 0.29) is 5.97 Å². The zero-order valence-corrected chi connectivity index (χ0v) is 7.78. The summed E-state index contributed by atoms with van der Waals surface area (Å²) in [6.07, 6.45) is 0. The summed E-state index contributed by atoms with van der Waals surface area (Å²) in [6, 6.07) is 7.23. The van der Waals surface area contributed by atoms with Gasteiger partial charge >= 0.3 is 5.97 Å². The van der Waals surface area contributed by atoms with E-state index in [1.165, 1.54) is 7.11 Å². The monoisotopic (exact) mass is 178 g/mol. The molecule has 0 fully saturated rings. The van der Waals surface area contributed by atoms with Gasteiger partial charge in [0, 0.05) is 0 Å².